The second-order valence-electron chi connectivity index (χ2n) is 5.11. The maximum atomic E-state index is 12.6. The zero-order valence-electron chi connectivity index (χ0n) is 11.3. The van der Waals surface area contributed by atoms with E-state index in [9.17, 15) is 4.79 Å². The zero-order chi connectivity index (χ0) is 13.4. The first kappa shape index (κ1) is 12.0. The maximum Gasteiger partial charge on any atom is 0.270 e. The van der Waals surface area contributed by atoms with Gasteiger partial charge in [0.1, 0.15) is 5.69 Å². The van der Waals surface area contributed by atoms with Gasteiger partial charge in [0.2, 0.25) is 0 Å². The summed E-state index contributed by atoms with van der Waals surface area (Å²) in [5.74, 6) is 0.110. The fourth-order valence-electron chi connectivity index (χ4n) is 2.80. The second kappa shape index (κ2) is 4.57. The number of hydrogen-bond donors (Lipinski definition) is 0. The molecule has 1 aliphatic rings. The van der Waals surface area contributed by atoms with E-state index in [1.807, 2.05) is 54.3 Å². The number of aryl methyl sites for hydroxylation is 2. The quantitative estimate of drug-likeness (QED) is 0.823. The largest absolute Gasteiger partial charge is 0.347 e. The van der Waals surface area contributed by atoms with Gasteiger partial charge in [0.25, 0.3) is 5.91 Å². The van der Waals surface area contributed by atoms with Crippen molar-refractivity contribution in [2.45, 2.75) is 18.9 Å². The molecule has 0 aromatic carbocycles. The molecule has 2 aromatic rings. The molecule has 100 valence electrons. The van der Waals surface area contributed by atoms with Crippen molar-refractivity contribution in [1.82, 2.24) is 19.2 Å². The van der Waals surface area contributed by atoms with E-state index < -0.39 is 0 Å². The topological polar surface area (TPSA) is 43.1 Å². The van der Waals surface area contributed by atoms with Gasteiger partial charge in [0.05, 0.1) is 12.2 Å². The van der Waals surface area contributed by atoms with Gasteiger partial charge in [-0.25, -0.2) is 0 Å². The van der Waals surface area contributed by atoms with Crippen molar-refractivity contribution in [3.63, 3.8) is 0 Å². The van der Waals surface area contributed by atoms with E-state index in [4.69, 9.17) is 0 Å². The van der Waals surface area contributed by atoms with Crippen LogP contribution < -0.4 is 0 Å². The van der Waals surface area contributed by atoms with Gasteiger partial charge in [-0.2, -0.15) is 5.10 Å². The summed E-state index contributed by atoms with van der Waals surface area (Å²) < 4.78 is 3.67. The van der Waals surface area contributed by atoms with Crippen LogP contribution in [0, 0.1) is 0 Å². The highest BCUT2D eigenvalue weighted by molar-refractivity contribution is 5.93. The van der Waals surface area contributed by atoms with Gasteiger partial charge >= 0.3 is 0 Å². The first-order valence-electron chi connectivity index (χ1n) is 6.57. The minimum absolute atomic E-state index is 0.110. The monoisotopic (exact) mass is 258 g/mol. The van der Waals surface area contributed by atoms with E-state index in [1.54, 1.807) is 4.68 Å². The molecule has 0 N–H and O–H groups in total. The third kappa shape index (κ3) is 2.05. The molecule has 3 rings (SSSR count). The summed E-state index contributed by atoms with van der Waals surface area (Å²) in [6.07, 6.45) is 7.84. The van der Waals surface area contributed by atoms with Crippen LogP contribution in [0.3, 0.4) is 0 Å². The fourth-order valence-corrected chi connectivity index (χ4v) is 2.80. The standard InChI is InChI=1S/C14H18N4O/c1-16-7-3-6-13(16)14(19)18-8-4-5-12(18)11-9-15-17(2)10-11/h3,6-7,9-10,12H,4-5,8H2,1-2H3. The summed E-state index contributed by atoms with van der Waals surface area (Å²) in [5, 5.41) is 4.21. The van der Waals surface area contributed by atoms with E-state index in [1.165, 1.54) is 0 Å². The van der Waals surface area contributed by atoms with Crippen LogP contribution in [0.4, 0.5) is 0 Å². The van der Waals surface area contributed by atoms with Crippen molar-refractivity contribution in [3.05, 3.63) is 42.0 Å². The SMILES string of the molecule is Cn1cc(C2CCCN2C(=O)c2cccn2C)cn1. The number of carbonyl (C=O) groups excluding carboxylic acids is 1. The van der Waals surface area contributed by atoms with Gasteiger partial charge in [0.15, 0.2) is 0 Å². The van der Waals surface area contributed by atoms with E-state index in [0.29, 0.717) is 0 Å². The smallest absolute Gasteiger partial charge is 0.270 e. The molecule has 0 aliphatic carbocycles. The van der Waals surface area contributed by atoms with Crippen LogP contribution in [-0.4, -0.2) is 31.7 Å². The van der Waals surface area contributed by atoms with Gasteiger partial charge in [0, 0.05) is 38.6 Å². The molecular formula is C14H18N4O. The van der Waals surface area contributed by atoms with Crippen LogP contribution in [-0.2, 0) is 14.1 Å². The zero-order valence-corrected chi connectivity index (χ0v) is 11.3. The number of rotatable bonds is 2. The van der Waals surface area contributed by atoms with Gasteiger partial charge in [-0.05, 0) is 25.0 Å². The number of nitrogens with zero attached hydrogens (tertiary/aromatic N) is 4. The lowest BCUT2D eigenvalue weighted by Gasteiger charge is -2.24. The molecule has 5 nitrogen and oxygen atoms in total. The van der Waals surface area contributed by atoms with Crippen molar-refractivity contribution in [3.8, 4) is 0 Å². The molecule has 19 heavy (non-hydrogen) atoms. The molecule has 1 fully saturated rings. The molecule has 0 spiro atoms. The summed E-state index contributed by atoms with van der Waals surface area (Å²) in [6.45, 7) is 0.823. The first-order valence-corrected chi connectivity index (χ1v) is 6.57. The minimum Gasteiger partial charge on any atom is -0.347 e. The molecular weight excluding hydrogens is 240 g/mol. The molecule has 3 heterocycles. The Morgan fingerprint density at radius 3 is 2.89 bits per heavy atom. The minimum atomic E-state index is 0.110. The van der Waals surface area contributed by atoms with Gasteiger partial charge < -0.3 is 9.47 Å². The van der Waals surface area contributed by atoms with E-state index >= 15 is 0 Å². The first-order chi connectivity index (χ1) is 9.16. The summed E-state index contributed by atoms with van der Waals surface area (Å²) in [5.41, 5.74) is 1.87. The van der Waals surface area contributed by atoms with Crippen LogP contribution in [0.1, 0.15) is 34.9 Å². The van der Waals surface area contributed by atoms with Crippen molar-refractivity contribution >= 4 is 5.91 Å². The molecule has 1 saturated heterocycles. The van der Waals surface area contributed by atoms with Gasteiger partial charge in [-0.3, -0.25) is 9.48 Å². The lowest BCUT2D eigenvalue weighted by Crippen LogP contribution is -2.31. The number of aromatic nitrogens is 3. The Morgan fingerprint density at radius 2 is 2.26 bits per heavy atom. The van der Waals surface area contributed by atoms with E-state index in [2.05, 4.69) is 5.10 Å². The fraction of sp³-hybridized carbons (Fsp3) is 0.429. The normalized spacial score (nSPS) is 19.1. The summed E-state index contributed by atoms with van der Waals surface area (Å²) in [6, 6.07) is 3.94. The average molecular weight is 258 g/mol. The molecule has 0 bridgehead atoms. The third-order valence-electron chi connectivity index (χ3n) is 3.79. The van der Waals surface area contributed by atoms with Gasteiger partial charge in [-0.1, -0.05) is 0 Å². The molecule has 2 aromatic heterocycles. The molecule has 1 amide bonds. The average Bonchev–Trinajstić information content (AvgIpc) is 3.07. The molecule has 0 radical (unpaired) electrons. The van der Waals surface area contributed by atoms with Crippen LogP contribution >= 0.6 is 0 Å². The lowest BCUT2D eigenvalue weighted by molar-refractivity contribution is 0.0726. The highest BCUT2D eigenvalue weighted by Gasteiger charge is 2.32. The number of carbonyl (C=O) groups is 1. The van der Waals surface area contributed by atoms with Crippen LogP contribution in [0.2, 0.25) is 0 Å². The number of likely N-dealkylation sites (tertiary alicyclic amines) is 1. The Bertz CT molecular complexity index is 598. The molecule has 1 atom stereocenters. The molecule has 1 aliphatic heterocycles. The van der Waals surface area contributed by atoms with Crippen LogP contribution in [0.25, 0.3) is 0 Å². The molecule has 0 saturated carbocycles. The summed E-state index contributed by atoms with van der Waals surface area (Å²) in [7, 11) is 3.81. The lowest BCUT2D eigenvalue weighted by atomic mass is 10.1. The summed E-state index contributed by atoms with van der Waals surface area (Å²) >= 11 is 0. The maximum absolute atomic E-state index is 12.6. The Balaban J connectivity index is 1.88. The predicted octanol–water partition coefficient (Wildman–Crippen LogP) is 1.74. The molecule has 1 unspecified atom stereocenters. The van der Waals surface area contributed by atoms with E-state index in [0.717, 1.165) is 30.6 Å². The highest BCUT2D eigenvalue weighted by Crippen LogP contribution is 2.32. The van der Waals surface area contributed by atoms with Crippen LogP contribution in [0.15, 0.2) is 30.7 Å². The predicted molar refractivity (Wildman–Crippen MR) is 71.6 cm³/mol. The number of amides is 1. The second-order valence-corrected chi connectivity index (χ2v) is 5.11. The Kier molecular flexibility index (Phi) is 2.89. The molecule has 5 heteroatoms. The van der Waals surface area contributed by atoms with Crippen molar-refractivity contribution < 1.29 is 4.79 Å². The van der Waals surface area contributed by atoms with E-state index in [-0.39, 0.29) is 11.9 Å². The summed E-state index contributed by atoms with van der Waals surface area (Å²) in [4.78, 5) is 14.6. The Labute approximate surface area is 112 Å². The number of hydrogen-bond acceptors (Lipinski definition) is 2. The van der Waals surface area contributed by atoms with Crippen LogP contribution in [0.5, 0.6) is 0 Å². The Morgan fingerprint density at radius 1 is 1.42 bits per heavy atom. The Hall–Kier alpha value is -2.04. The highest BCUT2D eigenvalue weighted by atomic mass is 16.2. The van der Waals surface area contributed by atoms with Crippen molar-refractivity contribution in [1.29, 1.82) is 0 Å². The third-order valence-corrected chi connectivity index (χ3v) is 3.79. The van der Waals surface area contributed by atoms with Crippen molar-refractivity contribution in [2.24, 2.45) is 14.1 Å². The van der Waals surface area contributed by atoms with Gasteiger partial charge in [-0.15, -0.1) is 0 Å². The van der Waals surface area contributed by atoms with Crippen molar-refractivity contribution in [2.75, 3.05) is 6.54 Å².